The van der Waals surface area contributed by atoms with E-state index in [9.17, 15) is 9.50 Å². The van der Waals surface area contributed by atoms with Crippen LogP contribution in [-0.2, 0) is 0 Å². The van der Waals surface area contributed by atoms with Gasteiger partial charge in [-0.25, -0.2) is 4.39 Å². The number of pyridine rings is 1. The lowest BCUT2D eigenvalue weighted by Crippen LogP contribution is -2.32. The first-order chi connectivity index (χ1) is 9.15. The van der Waals surface area contributed by atoms with E-state index in [1.54, 1.807) is 12.1 Å². The van der Waals surface area contributed by atoms with Gasteiger partial charge in [-0.05, 0) is 37.0 Å². The summed E-state index contributed by atoms with van der Waals surface area (Å²) >= 11 is 5.73. The lowest BCUT2D eigenvalue weighted by Gasteiger charge is -2.31. The maximum absolute atomic E-state index is 13.8. The quantitative estimate of drug-likeness (QED) is 0.939. The zero-order valence-electron chi connectivity index (χ0n) is 10.1. The van der Waals surface area contributed by atoms with Gasteiger partial charge in [-0.15, -0.1) is 0 Å². The number of ether oxygens (including phenoxy) is 1. The molecule has 0 unspecified atom stereocenters. The molecule has 0 amide bonds. The van der Waals surface area contributed by atoms with Crippen molar-refractivity contribution in [3.05, 3.63) is 35.2 Å². The lowest BCUT2D eigenvalue weighted by atomic mass is 9.83. The number of fused-ring (bicyclic) bond motifs is 1. The summed E-state index contributed by atoms with van der Waals surface area (Å²) in [7, 11) is 0. The van der Waals surface area contributed by atoms with Gasteiger partial charge >= 0.3 is 0 Å². The van der Waals surface area contributed by atoms with Crippen LogP contribution in [-0.4, -0.2) is 22.8 Å². The second kappa shape index (κ2) is 4.94. The summed E-state index contributed by atoms with van der Waals surface area (Å²) in [6, 6.07) is 4.92. The molecule has 0 radical (unpaired) electrons. The van der Waals surface area contributed by atoms with Gasteiger partial charge in [0.1, 0.15) is 11.3 Å². The number of nitrogens with zero attached hydrogens (tertiary/aromatic N) is 1. The summed E-state index contributed by atoms with van der Waals surface area (Å²) in [6.45, 7) is 0.528. The minimum Gasteiger partial charge on any atom is -0.493 e. The van der Waals surface area contributed by atoms with Crippen LogP contribution in [0.2, 0.25) is 5.02 Å². The molecule has 1 aliphatic carbocycles. The van der Waals surface area contributed by atoms with E-state index in [2.05, 4.69) is 4.98 Å². The van der Waals surface area contributed by atoms with Crippen molar-refractivity contribution in [1.82, 2.24) is 4.98 Å². The van der Waals surface area contributed by atoms with Crippen LogP contribution in [0.25, 0.3) is 10.9 Å². The molecule has 19 heavy (non-hydrogen) atoms. The first kappa shape index (κ1) is 12.6. The first-order valence-corrected chi connectivity index (χ1v) is 6.56. The van der Waals surface area contributed by atoms with Gasteiger partial charge in [0.2, 0.25) is 0 Å². The molecular formula is C14H13ClFNO2. The molecule has 1 aromatic carbocycles. The Balaban J connectivity index is 1.85. The van der Waals surface area contributed by atoms with Crippen LogP contribution in [0.4, 0.5) is 4.39 Å². The highest BCUT2D eigenvalue weighted by molar-refractivity contribution is 6.31. The number of aliphatic hydroxyl groups is 1. The summed E-state index contributed by atoms with van der Waals surface area (Å²) in [5.41, 5.74) is 0.221. The topological polar surface area (TPSA) is 42.4 Å². The largest absolute Gasteiger partial charge is 0.493 e. The van der Waals surface area contributed by atoms with Crippen LogP contribution in [0.5, 0.6) is 5.75 Å². The van der Waals surface area contributed by atoms with Crippen molar-refractivity contribution in [2.75, 3.05) is 6.61 Å². The average molecular weight is 282 g/mol. The molecule has 0 saturated heterocycles. The molecular weight excluding hydrogens is 269 g/mol. The van der Waals surface area contributed by atoms with Crippen molar-refractivity contribution < 1.29 is 14.2 Å². The molecule has 0 aliphatic heterocycles. The molecule has 1 fully saturated rings. The van der Waals surface area contributed by atoms with E-state index in [1.165, 1.54) is 12.3 Å². The first-order valence-electron chi connectivity index (χ1n) is 6.18. The molecule has 3 nitrogen and oxygen atoms in total. The fourth-order valence-corrected chi connectivity index (χ4v) is 2.46. The smallest absolute Gasteiger partial charge is 0.168 e. The van der Waals surface area contributed by atoms with E-state index >= 15 is 0 Å². The third-order valence-corrected chi connectivity index (χ3v) is 3.74. The molecule has 0 atom stereocenters. The zero-order valence-corrected chi connectivity index (χ0v) is 10.9. The molecule has 100 valence electrons. The number of hydrogen-bond donors (Lipinski definition) is 1. The Kier molecular flexibility index (Phi) is 3.29. The minimum absolute atomic E-state index is 0.0549. The Morgan fingerprint density at radius 2 is 2.16 bits per heavy atom. The number of aliphatic hydroxyl groups excluding tert-OH is 1. The Bertz CT molecular complexity index is 614. The molecule has 1 heterocycles. The van der Waals surface area contributed by atoms with Gasteiger partial charge < -0.3 is 9.84 Å². The van der Waals surface area contributed by atoms with Gasteiger partial charge in [-0.2, -0.15) is 0 Å². The van der Waals surface area contributed by atoms with Crippen LogP contribution in [0.3, 0.4) is 0 Å². The Labute approximate surface area is 115 Å². The Hall–Kier alpha value is -1.39. The predicted octanol–water partition coefficient (Wildman–Crippen LogP) is 3.18. The fourth-order valence-electron chi connectivity index (χ4n) is 2.30. The summed E-state index contributed by atoms with van der Waals surface area (Å²) in [5, 5.41) is 9.89. The zero-order chi connectivity index (χ0) is 13.4. The fraction of sp³-hybridized carbons (Fsp3) is 0.357. The molecule has 1 N–H and O–H groups in total. The number of halogens is 2. The van der Waals surface area contributed by atoms with Crippen LogP contribution in [0.15, 0.2) is 24.4 Å². The third-order valence-electron chi connectivity index (χ3n) is 3.45. The molecule has 1 aromatic heterocycles. The lowest BCUT2D eigenvalue weighted by molar-refractivity contribution is 0.0206. The number of benzene rings is 1. The van der Waals surface area contributed by atoms with E-state index < -0.39 is 5.82 Å². The third kappa shape index (κ3) is 2.38. The molecule has 2 aromatic rings. The highest BCUT2D eigenvalue weighted by atomic mass is 35.5. The van der Waals surface area contributed by atoms with Crippen LogP contribution in [0, 0.1) is 11.7 Å². The minimum atomic E-state index is -0.524. The number of aromatic nitrogens is 1. The maximum Gasteiger partial charge on any atom is 0.168 e. The number of rotatable bonds is 3. The predicted molar refractivity (Wildman–Crippen MR) is 70.9 cm³/mol. The van der Waals surface area contributed by atoms with E-state index in [0.29, 0.717) is 23.7 Å². The van der Waals surface area contributed by atoms with E-state index in [1.807, 2.05) is 0 Å². The van der Waals surface area contributed by atoms with Crippen molar-refractivity contribution in [2.24, 2.45) is 5.92 Å². The van der Waals surface area contributed by atoms with Gasteiger partial charge in [-0.1, -0.05) is 11.6 Å². The summed E-state index contributed by atoms with van der Waals surface area (Å²) < 4.78 is 19.5. The van der Waals surface area contributed by atoms with Gasteiger partial charge in [0.15, 0.2) is 5.82 Å². The second-order valence-corrected chi connectivity index (χ2v) is 5.28. The summed E-state index contributed by atoms with van der Waals surface area (Å²) in [4.78, 5) is 4.00. The van der Waals surface area contributed by atoms with Crippen LogP contribution >= 0.6 is 11.6 Å². The van der Waals surface area contributed by atoms with Crippen LogP contribution < -0.4 is 4.74 Å². The maximum atomic E-state index is 13.8. The van der Waals surface area contributed by atoms with E-state index in [4.69, 9.17) is 16.3 Å². The van der Waals surface area contributed by atoms with E-state index in [-0.39, 0.29) is 16.6 Å². The molecule has 5 heteroatoms. The normalized spacial score (nSPS) is 22.3. The number of hydrogen-bond acceptors (Lipinski definition) is 3. The second-order valence-electron chi connectivity index (χ2n) is 4.87. The Morgan fingerprint density at radius 3 is 2.89 bits per heavy atom. The van der Waals surface area contributed by atoms with Crippen molar-refractivity contribution >= 4 is 22.5 Å². The standard InChI is InChI=1S/C14H13ClFNO2/c15-11-2-1-10-12(3-4-17-14(10)13(11)16)19-7-8-5-9(18)6-8/h1-4,8-9,18H,5-7H2. The molecule has 1 aliphatic rings. The van der Waals surface area contributed by atoms with Crippen LogP contribution in [0.1, 0.15) is 12.8 Å². The van der Waals surface area contributed by atoms with Crippen molar-refractivity contribution in [3.63, 3.8) is 0 Å². The van der Waals surface area contributed by atoms with Gasteiger partial charge in [0.25, 0.3) is 0 Å². The molecule has 3 rings (SSSR count). The van der Waals surface area contributed by atoms with Crippen molar-refractivity contribution in [2.45, 2.75) is 18.9 Å². The van der Waals surface area contributed by atoms with Gasteiger partial charge in [-0.3, -0.25) is 4.98 Å². The molecule has 1 saturated carbocycles. The monoisotopic (exact) mass is 281 g/mol. The van der Waals surface area contributed by atoms with E-state index in [0.717, 1.165) is 12.8 Å². The van der Waals surface area contributed by atoms with Crippen molar-refractivity contribution in [3.8, 4) is 5.75 Å². The molecule has 0 bridgehead atoms. The van der Waals surface area contributed by atoms with Gasteiger partial charge in [0, 0.05) is 11.6 Å². The Morgan fingerprint density at radius 1 is 1.37 bits per heavy atom. The SMILES string of the molecule is OC1CC(COc2ccnc3c(F)c(Cl)ccc23)C1. The average Bonchev–Trinajstić information content (AvgIpc) is 2.38. The van der Waals surface area contributed by atoms with Gasteiger partial charge in [0.05, 0.1) is 17.7 Å². The molecule has 0 spiro atoms. The summed E-state index contributed by atoms with van der Waals surface area (Å²) in [6.07, 6.45) is 2.85. The van der Waals surface area contributed by atoms with Crippen molar-refractivity contribution in [1.29, 1.82) is 0 Å². The highest BCUT2D eigenvalue weighted by Gasteiger charge is 2.27. The summed E-state index contributed by atoms with van der Waals surface area (Å²) in [5.74, 6) is 0.445. The highest BCUT2D eigenvalue weighted by Crippen LogP contribution is 2.32.